The Morgan fingerprint density at radius 2 is 2.11 bits per heavy atom. The number of halogens is 1. The number of carboxylic acid groups (broad SMARTS) is 1. The van der Waals surface area contributed by atoms with Crippen LogP contribution in [0.2, 0.25) is 0 Å². The second kappa shape index (κ2) is 5.33. The van der Waals surface area contributed by atoms with Crippen LogP contribution in [-0.4, -0.2) is 17.0 Å². The normalized spacial score (nSPS) is 16.5. The van der Waals surface area contributed by atoms with E-state index in [2.05, 4.69) is 21.2 Å². The number of aryl methyl sites for hydroxylation is 1. The average molecular weight is 326 g/mol. The molecule has 2 rings (SSSR count). The average Bonchev–Trinajstić information content (AvgIpc) is 2.28. The summed E-state index contributed by atoms with van der Waals surface area (Å²) in [6.07, 6.45) is 1.67. The summed E-state index contributed by atoms with van der Waals surface area (Å²) in [5.74, 6) is -1.38. The van der Waals surface area contributed by atoms with E-state index in [1.807, 2.05) is 25.1 Å². The van der Waals surface area contributed by atoms with Crippen LogP contribution in [0.15, 0.2) is 22.7 Å². The molecule has 102 valence electrons. The largest absolute Gasteiger partial charge is 0.480 e. The fourth-order valence-corrected chi connectivity index (χ4v) is 2.65. The summed E-state index contributed by atoms with van der Waals surface area (Å²) in [5, 5.41) is 11.9. The molecule has 0 radical (unpaired) electrons. The van der Waals surface area contributed by atoms with E-state index < -0.39 is 11.4 Å². The minimum absolute atomic E-state index is 0.360. The molecule has 1 aliphatic rings. The van der Waals surface area contributed by atoms with E-state index in [9.17, 15) is 14.7 Å². The van der Waals surface area contributed by atoms with Gasteiger partial charge >= 0.3 is 5.97 Å². The third-order valence-corrected chi connectivity index (χ3v) is 4.29. The first-order valence-electron chi connectivity index (χ1n) is 6.22. The predicted molar refractivity (Wildman–Crippen MR) is 74.6 cm³/mol. The van der Waals surface area contributed by atoms with Crippen molar-refractivity contribution in [2.75, 3.05) is 0 Å². The van der Waals surface area contributed by atoms with Gasteiger partial charge in [-0.3, -0.25) is 9.59 Å². The van der Waals surface area contributed by atoms with E-state index >= 15 is 0 Å². The molecule has 1 fully saturated rings. The van der Waals surface area contributed by atoms with Crippen molar-refractivity contribution in [3.8, 4) is 0 Å². The van der Waals surface area contributed by atoms with Crippen LogP contribution in [0.5, 0.6) is 0 Å². The lowest BCUT2D eigenvalue weighted by Crippen LogP contribution is -2.50. The first-order chi connectivity index (χ1) is 8.95. The highest BCUT2D eigenvalue weighted by Gasteiger charge is 2.50. The number of carbonyl (C=O) groups excluding carboxylic acids is 1. The van der Waals surface area contributed by atoms with Crippen molar-refractivity contribution in [2.24, 2.45) is 5.41 Å². The van der Waals surface area contributed by atoms with Crippen LogP contribution in [0.3, 0.4) is 0 Å². The summed E-state index contributed by atoms with van der Waals surface area (Å²) in [5.41, 5.74) is 0.865. The molecule has 0 saturated heterocycles. The molecule has 5 heteroatoms. The van der Waals surface area contributed by atoms with Gasteiger partial charge in [0, 0.05) is 11.0 Å². The first-order valence-corrected chi connectivity index (χ1v) is 7.02. The van der Waals surface area contributed by atoms with E-state index in [1.165, 1.54) is 0 Å². The fourth-order valence-electron chi connectivity index (χ4n) is 2.24. The second-order valence-corrected chi connectivity index (χ2v) is 5.91. The molecular weight excluding hydrogens is 310 g/mol. The van der Waals surface area contributed by atoms with Gasteiger partial charge in [0.2, 0.25) is 5.91 Å². The molecule has 0 bridgehead atoms. The zero-order valence-electron chi connectivity index (χ0n) is 10.7. The van der Waals surface area contributed by atoms with E-state index in [1.54, 1.807) is 0 Å². The van der Waals surface area contributed by atoms with E-state index in [0.717, 1.165) is 22.0 Å². The van der Waals surface area contributed by atoms with Crippen molar-refractivity contribution in [1.29, 1.82) is 0 Å². The number of carbonyl (C=O) groups is 2. The molecule has 1 saturated carbocycles. The Bertz CT molecular complexity index is 523. The Morgan fingerprint density at radius 3 is 2.63 bits per heavy atom. The first kappa shape index (κ1) is 14.1. The van der Waals surface area contributed by atoms with E-state index in [4.69, 9.17) is 0 Å². The number of aliphatic carboxylic acids is 1. The van der Waals surface area contributed by atoms with Gasteiger partial charge in [-0.25, -0.2) is 0 Å². The molecular formula is C14H16BrNO3. The Labute approximate surface area is 120 Å². The molecule has 0 unspecified atom stereocenters. The molecule has 1 aliphatic carbocycles. The summed E-state index contributed by atoms with van der Waals surface area (Å²) in [7, 11) is 0. The number of hydrogen-bond donors (Lipinski definition) is 2. The number of carboxylic acids is 1. The van der Waals surface area contributed by atoms with Crippen LogP contribution >= 0.6 is 15.9 Å². The van der Waals surface area contributed by atoms with Crippen LogP contribution in [0.25, 0.3) is 0 Å². The Balaban J connectivity index is 2.04. The zero-order chi connectivity index (χ0) is 14.0. The van der Waals surface area contributed by atoms with Gasteiger partial charge in [-0.05, 0) is 43.0 Å². The maximum atomic E-state index is 12.1. The smallest absolute Gasteiger partial charge is 0.319 e. The van der Waals surface area contributed by atoms with Crippen molar-refractivity contribution in [1.82, 2.24) is 5.32 Å². The molecule has 0 heterocycles. The number of rotatable bonds is 4. The summed E-state index contributed by atoms with van der Waals surface area (Å²) in [6.45, 7) is 2.32. The van der Waals surface area contributed by atoms with E-state index in [-0.39, 0.29) is 5.91 Å². The molecule has 19 heavy (non-hydrogen) atoms. The van der Waals surface area contributed by atoms with Crippen LogP contribution in [0.1, 0.15) is 30.4 Å². The van der Waals surface area contributed by atoms with Crippen LogP contribution < -0.4 is 5.32 Å². The lowest BCUT2D eigenvalue weighted by Gasteiger charge is -2.35. The maximum absolute atomic E-state index is 12.1. The molecule has 0 atom stereocenters. The van der Waals surface area contributed by atoms with Gasteiger partial charge < -0.3 is 10.4 Å². The second-order valence-electron chi connectivity index (χ2n) is 4.99. The molecule has 4 nitrogen and oxygen atoms in total. The number of benzene rings is 1. The predicted octanol–water partition coefficient (Wildman–Crippen LogP) is 2.63. The molecule has 0 spiro atoms. The minimum atomic E-state index is -1.19. The maximum Gasteiger partial charge on any atom is 0.319 e. The molecule has 0 aromatic heterocycles. The number of hydrogen-bond acceptors (Lipinski definition) is 2. The minimum Gasteiger partial charge on any atom is -0.480 e. The third kappa shape index (κ3) is 2.66. The lowest BCUT2D eigenvalue weighted by atomic mass is 9.68. The zero-order valence-corrected chi connectivity index (χ0v) is 12.3. The van der Waals surface area contributed by atoms with Crippen LogP contribution in [0, 0.1) is 12.3 Å². The summed E-state index contributed by atoms with van der Waals surface area (Å²) in [6, 6.07) is 5.83. The van der Waals surface area contributed by atoms with Crippen LogP contribution in [0.4, 0.5) is 0 Å². The van der Waals surface area contributed by atoms with Gasteiger partial charge in [0.05, 0.1) is 0 Å². The van der Waals surface area contributed by atoms with Gasteiger partial charge in [-0.1, -0.05) is 28.4 Å². The fraction of sp³-hybridized carbons (Fsp3) is 0.429. The van der Waals surface area contributed by atoms with Crippen molar-refractivity contribution in [2.45, 2.75) is 32.7 Å². The number of nitrogens with one attached hydrogen (secondary N) is 1. The van der Waals surface area contributed by atoms with Crippen molar-refractivity contribution < 1.29 is 14.7 Å². The quantitative estimate of drug-likeness (QED) is 0.836. The van der Waals surface area contributed by atoms with Crippen molar-refractivity contribution in [3.63, 3.8) is 0 Å². The van der Waals surface area contributed by atoms with Gasteiger partial charge in [0.25, 0.3) is 0 Å². The highest BCUT2D eigenvalue weighted by atomic mass is 79.9. The van der Waals surface area contributed by atoms with Crippen LogP contribution in [-0.2, 0) is 16.1 Å². The van der Waals surface area contributed by atoms with Gasteiger partial charge in [-0.15, -0.1) is 0 Å². The summed E-state index contributed by atoms with van der Waals surface area (Å²) >= 11 is 3.38. The van der Waals surface area contributed by atoms with Gasteiger partial charge in [0.15, 0.2) is 0 Å². The van der Waals surface area contributed by atoms with Gasteiger partial charge in [0.1, 0.15) is 5.41 Å². The summed E-state index contributed by atoms with van der Waals surface area (Å²) in [4.78, 5) is 23.3. The molecule has 2 N–H and O–H groups in total. The highest BCUT2D eigenvalue weighted by Crippen LogP contribution is 2.41. The highest BCUT2D eigenvalue weighted by molar-refractivity contribution is 9.10. The van der Waals surface area contributed by atoms with E-state index in [0.29, 0.717) is 19.4 Å². The summed E-state index contributed by atoms with van der Waals surface area (Å²) < 4.78 is 0.943. The van der Waals surface area contributed by atoms with Crippen molar-refractivity contribution in [3.05, 3.63) is 33.8 Å². The molecule has 1 aromatic rings. The van der Waals surface area contributed by atoms with Crippen molar-refractivity contribution >= 4 is 27.8 Å². The Kier molecular flexibility index (Phi) is 3.94. The monoisotopic (exact) mass is 325 g/mol. The lowest BCUT2D eigenvalue weighted by molar-refractivity contribution is -0.162. The molecule has 1 amide bonds. The van der Waals surface area contributed by atoms with Gasteiger partial charge in [-0.2, -0.15) is 0 Å². The Morgan fingerprint density at radius 1 is 1.42 bits per heavy atom. The number of amides is 1. The SMILES string of the molecule is Cc1ccc(Br)cc1CNC(=O)C1(C(=O)O)CCC1. The molecule has 1 aromatic carbocycles. The molecule has 0 aliphatic heterocycles. The standard InChI is InChI=1S/C14H16BrNO3/c1-9-3-4-11(15)7-10(9)8-16-12(17)14(13(18)19)5-2-6-14/h3-4,7H,2,5-6,8H2,1H3,(H,16,17)(H,18,19). The Hall–Kier alpha value is -1.36. The topological polar surface area (TPSA) is 66.4 Å². The third-order valence-electron chi connectivity index (χ3n) is 3.80.